The van der Waals surface area contributed by atoms with E-state index in [2.05, 4.69) is 15.3 Å². The molecule has 7 heteroatoms. The SMILES string of the molecule is O=C(CCc1cnn(-c2ccccc2)c1)N1CCCC(c2nnc3ccccn23)C1. The van der Waals surface area contributed by atoms with Crippen molar-refractivity contribution in [3.8, 4) is 5.69 Å². The molecule has 1 saturated heterocycles. The van der Waals surface area contributed by atoms with Crippen LogP contribution in [0.5, 0.6) is 0 Å². The summed E-state index contributed by atoms with van der Waals surface area (Å²) in [4.78, 5) is 14.9. The van der Waals surface area contributed by atoms with Gasteiger partial charge in [-0.2, -0.15) is 5.10 Å². The molecule has 1 aliphatic heterocycles. The van der Waals surface area contributed by atoms with Crippen LogP contribution in [0.25, 0.3) is 11.3 Å². The van der Waals surface area contributed by atoms with Crippen LogP contribution in [0, 0.1) is 0 Å². The van der Waals surface area contributed by atoms with Gasteiger partial charge in [0.05, 0.1) is 11.9 Å². The zero-order valence-corrected chi connectivity index (χ0v) is 16.8. The van der Waals surface area contributed by atoms with Crippen molar-refractivity contribution in [2.24, 2.45) is 0 Å². The van der Waals surface area contributed by atoms with Crippen LogP contribution in [0.3, 0.4) is 0 Å². The van der Waals surface area contributed by atoms with Crippen LogP contribution in [-0.4, -0.2) is 48.3 Å². The number of benzene rings is 1. The molecule has 3 aromatic heterocycles. The summed E-state index contributed by atoms with van der Waals surface area (Å²) in [6.45, 7) is 1.52. The van der Waals surface area contributed by atoms with E-state index in [9.17, 15) is 4.79 Å². The number of hydrogen-bond acceptors (Lipinski definition) is 4. The quantitative estimate of drug-likeness (QED) is 0.516. The molecule has 0 bridgehead atoms. The fraction of sp³-hybridized carbons (Fsp3) is 0.304. The number of fused-ring (bicyclic) bond motifs is 1. The number of aryl methyl sites for hydroxylation is 1. The molecule has 152 valence electrons. The lowest BCUT2D eigenvalue weighted by molar-refractivity contribution is -0.132. The summed E-state index contributed by atoms with van der Waals surface area (Å²) in [6, 6.07) is 15.9. The first-order valence-electron chi connectivity index (χ1n) is 10.4. The third-order valence-corrected chi connectivity index (χ3v) is 5.76. The van der Waals surface area contributed by atoms with E-state index in [0.717, 1.165) is 42.1 Å². The number of rotatable bonds is 5. The molecule has 4 heterocycles. The van der Waals surface area contributed by atoms with E-state index < -0.39 is 0 Å². The Kier molecular flexibility index (Phi) is 5.01. The lowest BCUT2D eigenvalue weighted by atomic mass is 9.96. The zero-order chi connectivity index (χ0) is 20.3. The molecule has 0 N–H and O–H groups in total. The number of pyridine rings is 1. The molecule has 5 rings (SSSR count). The third kappa shape index (κ3) is 3.70. The molecule has 0 saturated carbocycles. The molecule has 1 aromatic carbocycles. The van der Waals surface area contributed by atoms with Gasteiger partial charge in [-0.05, 0) is 49.1 Å². The first kappa shape index (κ1) is 18.5. The highest BCUT2D eigenvalue weighted by Crippen LogP contribution is 2.26. The molecule has 0 spiro atoms. The molecule has 1 amide bonds. The van der Waals surface area contributed by atoms with Crippen LogP contribution in [0.1, 0.15) is 36.6 Å². The van der Waals surface area contributed by atoms with Gasteiger partial charge in [0.25, 0.3) is 0 Å². The Hall–Kier alpha value is -3.48. The van der Waals surface area contributed by atoms with Crippen LogP contribution in [0.4, 0.5) is 0 Å². The fourth-order valence-corrected chi connectivity index (χ4v) is 4.17. The van der Waals surface area contributed by atoms with E-state index in [1.54, 1.807) is 0 Å². The summed E-state index contributed by atoms with van der Waals surface area (Å²) in [5.74, 6) is 1.37. The van der Waals surface area contributed by atoms with Gasteiger partial charge in [-0.25, -0.2) is 4.68 Å². The lowest BCUT2D eigenvalue weighted by Gasteiger charge is -2.32. The second-order valence-corrected chi connectivity index (χ2v) is 7.79. The molecular formula is C23H24N6O. The Morgan fingerprint density at radius 3 is 2.83 bits per heavy atom. The topological polar surface area (TPSA) is 68.3 Å². The Labute approximate surface area is 175 Å². The number of carbonyl (C=O) groups excluding carboxylic acids is 1. The molecule has 4 aromatic rings. The highest BCUT2D eigenvalue weighted by molar-refractivity contribution is 5.76. The first-order chi connectivity index (χ1) is 14.8. The third-order valence-electron chi connectivity index (χ3n) is 5.76. The van der Waals surface area contributed by atoms with E-state index in [-0.39, 0.29) is 11.8 Å². The number of para-hydroxylation sites is 1. The number of carbonyl (C=O) groups is 1. The van der Waals surface area contributed by atoms with Crippen molar-refractivity contribution in [3.63, 3.8) is 0 Å². The number of nitrogens with zero attached hydrogens (tertiary/aromatic N) is 6. The molecule has 1 unspecified atom stereocenters. The minimum Gasteiger partial charge on any atom is -0.342 e. The van der Waals surface area contributed by atoms with E-state index in [4.69, 9.17) is 0 Å². The van der Waals surface area contributed by atoms with E-state index >= 15 is 0 Å². The molecule has 1 fully saturated rings. The fourth-order valence-electron chi connectivity index (χ4n) is 4.17. The van der Waals surface area contributed by atoms with Crippen molar-refractivity contribution >= 4 is 11.6 Å². The van der Waals surface area contributed by atoms with Crippen molar-refractivity contribution in [2.75, 3.05) is 13.1 Å². The first-order valence-corrected chi connectivity index (χ1v) is 10.4. The monoisotopic (exact) mass is 400 g/mol. The van der Waals surface area contributed by atoms with Gasteiger partial charge in [-0.3, -0.25) is 9.20 Å². The second kappa shape index (κ2) is 8.10. The Balaban J connectivity index is 1.22. The Morgan fingerprint density at radius 2 is 1.93 bits per heavy atom. The zero-order valence-electron chi connectivity index (χ0n) is 16.8. The summed E-state index contributed by atoms with van der Waals surface area (Å²) in [6.07, 6.45) is 9.06. The van der Waals surface area contributed by atoms with Gasteiger partial charge in [0.2, 0.25) is 5.91 Å². The minimum absolute atomic E-state index is 0.195. The van der Waals surface area contributed by atoms with Crippen LogP contribution in [0.2, 0.25) is 0 Å². The summed E-state index contributed by atoms with van der Waals surface area (Å²) in [5.41, 5.74) is 2.95. The van der Waals surface area contributed by atoms with E-state index in [1.165, 1.54) is 0 Å². The van der Waals surface area contributed by atoms with Gasteiger partial charge < -0.3 is 4.90 Å². The summed E-state index contributed by atoms with van der Waals surface area (Å²) >= 11 is 0. The molecule has 7 nitrogen and oxygen atoms in total. The Morgan fingerprint density at radius 1 is 1.07 bits per heavy atom. The van der Waals surface area contributed by atoms with Crippen LogP contribution in [-0.2, 0) is 11.2 Å². The number of aromatic nitrogens is 5. The van der Waals surface area contributed by atoms with Gasteiger partial charge in [-0.1, -0.05) is 24.3 Å². The number of hydrogen-bond donors (Lipinski definition) is 0. The van der Waals surface area contributed by atoms with Crippen LogP contribution in [0.15, 0.2) is 67.1 Å². The standard InChI is InChI=1S/C23H24N6O/c30-22(12-11-18-15-24-29(16-18)20-8-2-1-3-9-20)27-13-6-7-19(17-27)23-26-25-21-10-4-5-14-28(21)23/h1-5,8-10,14-16,19H,6-7,11-13,17H2. The highest BCUT2D eigenvalue weighted by Gasteiger charge is 2.27. The Bertz CT molecular complexity index is 1150. The molecule has 0 radical (unpaired) electrons. The average Bonchev–Trinajstić information content (AvgIpc) is 3.45. The predicted octanol–water partition coefficient (Wildman–Crippen LogP) is 3.25. The van der Waals surface area contributed by atoms with E-state index in [1.807, 2.05) is 81.1 Å². The van der Waals surface area contributed by atoms with Crippen molar-refractivity contribution in [1.29, 1.82) is 0 Å². The normalized spacial score (nSPS) is 16.8. The van der Waals surface area contributed by atoms with Crippen molar-refractivity contribution in [3.05, 3.63) is 78.5 Å². The smallest absolute Gasteiger partial charge is 0.222 e. The summed E-state index contributed by atoms with van der Waals surface area (Å²) in [5, 5.41) is 13.1. The number of amides is 1. The molecule has 0 aliphatic carbocycles. The molecule has 30 heavy (non-hydrogen) atoms. The van der Waals surface area contributed by atoms with Crippen molar-refractivity contribution in [2.45, 2.75) is 31.6 Å². The van der Waals surface area contributed by atoms with Gasteiger partial charge >= 0.3 is 0 Å². The highest BCUT2D eigenvalue weighted by atomic mass is 16.2. The predicted molar refractivity (Wildman–Crippen MR) is 113 cm³/mol. The maximum Gasteiger partial charge on any atom is 0.222 e. The maximum atomic E-state index is 12.9. The van der Waals surface area contributed by atoms with Crippen molar-refractivity contribution in [1.82, 2.24) is 29.3 Å². The maximum absolute atomic E-state index is 12.9. The van der Waals surface area contributed by atoms with Gasteiger partial charge in [0.1, 0.15) is 5.82 Å². The largest absolute Gasteiger partial charge is 0.342 e. The van der Waals surface area contributed by atoms with Crippen LogP contribution < -0.4 is 0 Å². The number of piperidine rings is 1. The van der Waals surface area contributed by atoms with Crippen molar-refractivity contribution < 1.29 is 4.79 Å². The molecule has 1 aliphatic rings. The second-order valence-electron chi connectivity index (χ2n) is 7.79. The summed E-state index contributed by atoms with van der Waals surface area (Å²) in [7, 11) is 0. The molecular weight excluding hydrogens is 376 g/mol. The minimum atomic E-state index is 0.195. The van der Waals surface area contributed by atoms with Gasteiger partial charge in [0.15, 0.2) is 5.65 Å². The van der Waals surface area contributed by atoms with Crippen LogP contribution >= 0.6 is 0 Å². The molecule has 1 atom stereocenters. The van der Waals surface area contributed by atoms with E-state index in [0.29, 0.717) is 19.4 Å². The number of likely N-dealkylation sites (tertiary alicyclic amines) is 1. The lowest BCUT2D eigenvalue weighted by Crippen LogP contribution is -2.39. The average molecular weight is 400 g/mol. The summed E-state index contributed by atoms with van der Waals surface area (Å²) < 4.78 is 3.89. The van der Waals surface area contributed by atoms with Gasteiger partial charge in [-0.15, -0.1) is 10.2 Å². The van der Waals surface area contributed by atoms with Gasteiger partial charge in [0, 0.05) is 37.8 Å².